The molecule has 0 bridgehead atoms. The van der Waals surface area contributed by atoms with Crippen LogP contribution in [0.3, 0.4) is 0 Å². The second kappa shape index (κ2) is 17.8. The van der Waals surface area contributed by atoms with Crippen molar-refractivity contribution in [2.45, 2.75) is 26.1 Å². The third kappa shape index (κ3) is 12.1. The number of pyridine rings is 1. The molecule has 3 aromatic rings. The fraction of sp³-hybridized carbons (Fsp3) is 0.345. The standard InChI is InChI=1S/C27H36ClN5.C2H4/c1-29-15-17-33(18-16-31-21-27-7-2-3-13-32-27)22-25-10-8-24(9-11-25)20-30-14-12-23-5-4-6-26(28)19-23;1-2/h2-11,13,19,29-31H,12,14-18,20-22H2,1H3;1-2H2. The first-order valence-electron chi connectivity index (χ1n) is 12.2. The maximum absolute atomic E-state index is 6.06. The van der Waals surface area contributed by atoms with Crippen LogP contribution < -0.4 is 16.0 Å². The molecule has 1 aromatic heterocycles. The van der Waals surface area contributed by atoms with E-state index in [4.69, 9.17) is 11.6 Å². The number of hydrogen-bond acceptors (Lipinski definition) is 5. The zero-order chi connectivity index (χ0) is 25.1. The average molecular weight is 494 g/mol. The lowest BCUT2D eigenvalue weighted by molar-refractivity contribution is 0.266. The van der Waals surface area contributed by atoms with Gasteiger partial charge in [0.25, 0.3) is 0 Å². The Balaban J connectivity index is 0.00000210. The summed E-state index contributed by atoms with van der Waals surface area (Å²) in [5.41, 5.74) is 5.00. The van der Waals surface area contributed by atoms with Crippen LogP contribution >= 0.6 is 11.6 Å². The van der Waals surface area contributed by atoms with Gasteiger partial charge in [0.15, 0.2) is 0 Å². The molecule has 0 aliphatic rings. The Hall–Kier alpha value is -2.54. The summed E-state index contributed by atoms with van der Waals surface area (Å²) in [6, 6.07) is 23.1. The van der Waals surface area contributed by atoms with Gasteiger partial charge in [-0.05, 0) is 61.0 Å². The van der Waals surface area contributed by atoms with Gasteiger partial charge >= 0.3 is 0 Å². The van der Waals surface area contributed by atoms with E-state index in [9.17, 15) is 0 Å². The molecule has 0 aliphatic carbocycles. The Morgan fingerprint density at radius 1 is 0.800 bits per heavy atom. The molecule has 0 amide bonds. The molecule has 0 saturated heterocycles. The van der Waals surface area contributed by atoms with Gasteiger partial charge in [0.2, 0.25) is 0 Å². The topological polar surface area (TPSA) is 52.2 Å². The minimum Gasteiger partial charge on any atom is -0.318 e. The molecule has 0 spiro atoms. The van der Waals surface area contributed by atoms with Crippen LogP contribution in [0.5, 0.6) is 0 Å². The summed E-state index contributed by atoms with van der Waals surface area (Å²) >= 11 is 6.06. The van der Waals surface area contributed by atoms with Crippen molar-refractivity contribution in [2.24, 2.45) is 0 Å². The van der Waals surface area contributed by atoms with Crippen molar-refractivity contribution in [1.82, 2.24) is 25.8 Å². The molecule has 0 atom stereocenters. The minimum absolute atomic E-state index is 0.802. The van der Waals surface area contributed by atoms with E-state index in [1.165, 1.54) is 16.7 Å². The van der Waals surface area contributed by atoms with Crippen LogP contribution in [0.25, 0.3) is 0 Å². The molecular formula is C29H40ClN5. The number of nitrogens with one attached hydrogen (secondary N) is 3. The Labute approximate surface area is 216 Å². The highest BCUT2D eigenvalue weighted by atomic mass is 35.5. The molecule has 2 aromatic carbocycles. The van der Waals surface area contributed by atoms with Crippen LogP contribution in [0.15, 0.2) is 86.1 Å². The third-order valence-electron chi connectivity index (χ3n) is 5.55. The highest BCUT2D eigenvalue weighted by molar-refractivity contribution is 6.30. The van der Waals surface area contributed by atoms with Gasteiger partial charge in [-0.25, -0.2) is 0 Å². The lowest BCUT2D eigenvalue weighted by Crippen LogP contribution is -2.35. The van der Waals surface area contributed by atoms with Gasteiger partial charge in [0.1, 0.15) is 0 Å². The molecular weight excluding hydrogens is 454 g/mol. The van der Waals surface area contributed by atoms with Crippen molar-refractivity contribution < 1.29 is 0 Å². The fourth-order valence-corrected chi connectivity index (χ4v) is 3.89. The summed E-state index contributed by atoms with van der Waals surface area (Å²) in [6.07, 6.45) is 2.82. The minimum atomic E-state index is 0.802. The van der Waals surface area contributed by atoms with Crippen molar-refractivity contribution in [3.05, 3.63) is 113 Å². The molecule has 188 valence electrons. The van der Waals surface area contributed by atoms with Crippen LogP contribution in [0.1, 0.15) is 22.4 Å². The zero-order valence-corrected chi connectivity index (χ0v) is 21.7. The number of halogens is 1. The van der Waals surface area contributed by atoms with E-state index in [0.29, 0.717) is 0 Å². The van der Waals surface area contributed by atoms with Crippen LogP contribution in [0, 0.1) is 0 Å². The van der Waals surface area contributed by atoms with E-state index in [1.807, 2.05) is 43.6 Å². The second-order valence-electron chi connectivity index (χ2n) is 8.25. The molecule has 3 rings (SSSR count). The first-order chi connectivity index (χ1) is 17.2. The summed E-state index contributed by atoms with van der Waals surface area (Å²) in [6.45, 7) is 13.5. The summed E-state index contributed by atoms with van der Waals surface area (Å²) in [5.74, 6) is 0. The Kier molecular flexibility index (Phi) is 14.6. The number of benzene rings is 2. The van der Waals surface area contributed by atoms with E-state index >= 15 is 0 Å². The number of hydrogen-bond donors (Lipinski definition) is 3. The van der Waals surface area contributed by atoms with Gasteiger partial charge in [0, 0.05) is 57.0 Å². The zero-order valence-electron chi connectivity index (χ0n) is 21.0. The molecule has 0 saturated carbocycles. The van der Waals surface area contributed by atoms with E-state index in [-0.39, 0.29) is 0 Å². The largest absolute Gasteiger partial charge is 0.318 e. The lowest BCUT2D eigenvalue weighted by Gasteiger charge is -2.22. The molecule has 6 heteroatoms. The Bertz CT molecular complexity index is 933. The van der Waals surface area contributed by atoms with Crippen LogP contribution in [0.4, 0.5) is 0 Å². The van der Waals surface area contributed by atoms with E-state index in [2.05, 4.69) is 75.4 Å². The maximum atomic E-state index is 6.06. The van der Waals surface area contributed by atoms with Crippen molar-refractivity contribution in [2.75, 3.05) is 39.8 Å². The van der Waals surface area contributed by atoms with E-state index < -0.39 is 0 Å². The van der Waals surface area contributed by atoms with Crippen molar-refractivity contribution in [3.63, 3.8) is 0 Å². The molecule has 0 aliphatic heterocycles. The first-order valence-corrected chi connectivity index (χ1v) is 12.6. The number of likely N-dealkylation sites (N-methyl/N-ethyl adjacent to an activating group) is 1. The molecule has 0 radical (unpaired) electrons. The van der Waals surface area contributed by atoms with Crippen molar-refractivity contribution in [1.29, 1.82) is 0 Å². The van der Waals surface area contributed by atoms with Gasteiger partial charge in [-0.2, -0.15) is 0 Å². The normalized spacial score (nSPS) is 10.7. The quantitative estimate of drug-likeness (QED) is 0.212. The predicted molar refractivity (Wildman–Crippen MR) is 150 cm³/mol. The van der Waals surface area contributed by atoms with Gasteiger partial charge < -0.3 is 16.0 Å². The SMILES string of the molecule is C=C.CNCCN(CCNCc1ccccn1)Cc1ccc(CNCCc2cccc(Cl)c2)cc1. The van der Waals surface area contributed by atoms with Gasteiger partial charge in [-0.15, -0.1) is 13.2 Å². The van der Waals surface area contributed by atoms with Crippen LogP contribution in [-0.4, -0.2) is 49.7 Å². The van der Waals surface area contributed by atoms with E-state index in [0.717, 1.165) is 69.5 Å². The summed E-state index contributed by atoms with van der Waals surface area (Å²) < 4.78 is 0. The summed E-state index contributed by atoms with van der Waals surface area (Å²) in [4.78, 5) is 6.86. The number of aromatic nitrogens is 1. The molecule has 0 fully saturated rings. The van der Waals surface area contributed by atoms with Crippen LogP contribution in [0.2, 0.25) is 5.02 Å². The average Bonchev–Trinajstić information content (AvgIpc) is 2.90. The monoisotopic (exact) mass is 493 g/mol. The summed E-state index contributed by atoms with van der Waals surface area (Å²) in [7, 11) is 2.01. The number of rotatable bonds is 15. The number of nitrogens with zero attached hydrogens (tertiary/aromatic N) is 2. The second-order valence-corrected chi connectivity index (χ2v) is 8.69. The third-order valence-corrected chi connectivity index (χ3v) is 5.79. The molecule has 0 unspecified atom stereocenters. The summed E-state index contributed by atoms with van der Waals surface area (Å²) in [5, 5.41) is 11.1. The molecule has 5 nitrogen and oxygen atoms in total. The van der Waals surface area contributed by atoms with Gasteiger partial charge in [-0.3, -0.25) is 9.88 Å². The smallest absolute Gasteiger partial charge is 0.0541 e. The van der Waals surface area contributed by atoms with E-state index in [1.54, 1.807) is 0 Å². The highest BCUT2D eigenvalue weighted by Gasteiger charge is 2.06. The Morgan fingerprint density at radius 2 is 1.54 bits per heavy atom. The molecule has 3 N–H and O–H groups in total. The highest BCUT2D eigenvalue weighted by Crippen LogP contribution is 2.11. The van der Waals surface area contributed by atoms with Gasteiger partial charge in [-0.1, -0.05) is 54.1 Å². The molecule has 35 heavy (non-hydrogen) atoms. The van der Waals surface area contributed by atoms with Crippen LogP contribution in [-0.2, 0) is 26.1 Å². The molecule has 1 heterocycles. The Morgan fingerprint density at radius 3 is 2.26 bits per heavy atom. The first kappa shape index (κ1) is 28.7. The fourth-order valence-electron chi connectivity index (χ4n) is 3.67. The van der Waals surface area contributed by atoms with Crippen molar-refractivity contribution in [3.8, 4) is 0 Å². The van der Waals surface area contributed by atoms with Gasteiger partial charge in [0.05, 0.1) is 5.69 Å². The maximum Gasteiger partial charge on any atom is 0.0541 e. The predicted octanol–water partition coefficient (Wildman–Crippen LogP) is 4.68. The van der Waals surface area contributed by atoms with Crippen molar-refractivity contribution >= 4 is 11.6 Å². The lowest BCUT2D eigenvalue weighted by atomic mass is 10.1.